The van der Waals surface area contributed by atoms with Crippen LogP contribution in [-0.4, -0.2) is 28.2 Å². The lowest BCUT2D eigenvalue weighted by molar-refractivity contribution is -0.137. The first-order valence-electron chi connectivity index (χ1n) is 7.55. The standard InChI is InChI=1S/C16H17F3N4OS/c1-2-24-13-6-4-8-20-12(13)7-10-22-15(25)23-14-11(16(17,18)19)5-3-9-21-14/h3-6,8-9H,2,7,10H2,1H3,(H2,21,22,23,25). The maximum Gasteiger partial charge on any atom is 0.419 e. The fourth-order valence-electron chi connectivity index (χ4n) is 2.08. The third-order valence-electron chi connectivity index (χ3n) is 3.14. The molecular formula is C16H17F3N4OS. The van der Waals surface area contributed by atoms with Crippen LogP contribution in [0.25, 0.3) is 0 Å². The van der Waals surface area contributed by atoms with Crippen molar-refractivity contribution in [3.8, 4) is 5.75 Å². The molecule has 0 fully saturated rings. The third kappa shape index (κ3) is 5.56. The van der Waals surface area contributed by atoms with Gasteiger partial charge in [0.25, 0.3) is 0 Å². The van der Waals surface area contributed by atoms with Gasteiger partial charge in [0, 0.05) is 25.4 Å². The normalized spacial score (nSPS) is 11.0. The fourth-order valence-corrected chi connectivity index (χ4v) is 2.28. The minimum Gasteiger partial charge on any atom is -0.492 e. The van der Waals surface area contributed by atoms with Gasteiger partial charge in [-0.1, -0.05) is 0 Å². The Hall–Kier alpha value is -2.42. The van der Waals surface area contributed by atoms with Crippen LogP contribution in [0, 0.1) is 0 Å². The van der Waals surface area contributed by atoms with Gasteiger partial charge in [-0.25, -0.2) is 4.98 Å². The molecule has 0 spiro atoms. The average Bonchev–Trinajstić information content (AvgIpc) is 2.56. The van der Waals surface area contributed by atoms with Crippen molar-refractivity contribution in [2.24, 2.45) is 0 Å². The molecule has 0 bridgehead atoms. The van der Waals surface area contributed by atoms with Gasteiger partial charge in [0.05, 0.1) is 17.9 Å². The molecule has 134 valence electrons. The topological polar surface area (TPSA) is 59.1 Å². The predicted molar refractivity (Wildman–Crippen MR) is 92.6 cm³/mol. The minimum absolute atomic E-state index is 0.0538. The Labute approximate surface area is 148 Å². The van der Waals surface area contributed by atoms with E-state index in [1.54, 1.807) is 12.3 Å². The SMILES string of the molecule is CCOc1cccnc1CCNC(=S)Nc1ncccc1C(F)(F)F. The highest BCUT2D eigenvalue weighted by molar-refractivity contribution is 7.80. The molecule has 0 amide bonds. The van der Waals surface area contributed by atoms with Gasteiger partial charge in [0.1, 0.15) is 11.6 Å². The van der Waals surface area contributed by atoms with Crippen molar-refractivity contribution in [3.63, 3.8) is 0 Å². The Balaban J connectivity index is 1.92. The molecule has 25 heavy (non-hydrogen) atoms. The number of hydrogen-bond donors (Lipinski definition) is 2. The molecule has 2 aromatic heterocycles. The van der Waals surface area contributed by atoms with Crippen molar-refractivity contribution >= 4 is 23.1 Å². The van der Waals surface area contributed by atoms with Crippen LogP contribution in [0.3, 0.4) is 0 Å². The molecule has 0 atom stereocenters. The van der Waals surface area contributed by atoms with Gasteiger partial charge in [0.15, 0.2) is 5.11 Å². The van der Waals surface area contributed by atoms with Gasteiger partial charge in [-0.3, -0.25) is 4.98 Å². The summed E-state index contributed by atoms with van der Waals surface area (Å²) in [7, 11) is 0. The van der Waals surface area contributed by atoms with E-state index < -0.39 is 11.7 Å². The second-order valence-electron chi connectivity index (χ2n) is 4.91. The molecule has 9 heteroatoms. The summed E-state index contributed by atoms with van der Waals surface area (Å²) in [6.45, 7) is 2.78. The van der Waals surface area contributed by atoms with Crippen LogP contribution >= 0.6 is 12.2 Å². The Morgan fingerprint density at radius 1 is 1.20 bits per heavy atom. The molecule has 5 nitrogen and oxygen atoms in total. The molecule has 2 N–H and O–H groups in total. The molecule has 0 aliphatic heterocycles. The molecule has 0 aliphatic rings. The van der Waals surface area contributed by atoms with Gasteiger partial charge in [-0.05, 0) is 43.4 Å². The van der Waals surface area contributed by atoms with E-state index in [-0.39, 0.29) is 10.9 Å². The van der Waals surface area contributed by atoms with Crippen LogP contribution in [0.1, 0.15) is 18.2 Å². The number of alkyl halides is 3. The zero-order chi connectivity index (χ0) is 18.3. The number of halogens is 3. The highest BCUT2D eigenvalue weighted by atomic mass is 32.1. The second kappa shape index (κ2) is 8.61. The lowest BCUT2D eigenvalue weighted by Gasteiger charge is -2.15. The number of anilines is 1. The van der Waals surface area contributed by atoms with E-state index in [1.165, 1.54) is 12.3 Å². The van der Waals surface area contributed by atoms with Crippen molar-refractivity contribution in [1.29, 1.82) is 0 Å². The zero-order valence-corrected chi connectivity index (χ0v) is 14.2. The summed E-state index contributed by atoms with van der Waals surface area (Å²) >= 11 is 5.04. The number of rotatable bonds is 6. The first-order valence-corrected chi connectivity index (χ1v) is 7.96. The van der Waals surface area contributed by atoms with E-state index in [0.29, 0.717) is 25.3 Å². The summed E-state index contributed by atoms with van der Waals surface area (Å²) in [5.41, 5.74) is -0.129. The second-order valence-corrected chi connectivity index (χ2v) is 5.32. The van der Waals surface area contributed by atoms with E-state index >= 15 is 0 Å². The number of thiocarbonyl (C=S) groups is 1. The van der Waals surface area contributed by atoms with Gasteiger partial charge >= 0.3 is 6.18 Å². The molecule has 0 saturated heterocycles. The molecule has 0 radical (unpaired) electrons. The van der Waals surface area contributed by atoms with Crippen molar-refractivity contribution in [2.45, 2.75) is 19.5 Å². The molecule has 0 saturated carbocycles. The lowest BCUT2D eigenvalue weighted by Crippen LogP contribution is -2.31. The van der Waals surface area contributed by atoms with Crippen LogP contribution < -0.4 is 15.4 Å². The lowest BCUT2D eigenvalue weighted by atomic mass is 10.2. The van der Waals surface area contributed by atoms with Crippen molar-refractivity contribution in [3.05, 3.63) is 47.9 Å². The van der Waals surface area contributed by atoms with Crippen LogP contribution in [0.15, 0.2) is 36.7 Å². The molecule has 2 rings (SSSR count). The number of hydrogen-bond acceptors (Lipinski definition) is 4. The molecule has 2 heterocycles. The molecule has 0 unspecified atom stereocenters. The highest BCUT2D eigenvalue weighted by Crippen LogP contribution is 2.33. The summed E-state index contributed by atoms with van der Waals surface area (Å²) in [6, 6.07) is 5.75. The maximum absolute atomic E-state index is 12.9. The van der Waals surface area contributed by atoms with Crippen LogP contribution in [0.5, 0.6) is 5.75 Å². The number of pyridine rings is 2. The van der Waals surface area contributed by atoms with Crippen molar-refractivity contribution < 1.29 is 17.9 Å². The monoisotopic (exact) mass is 370 g/mol. The Morgan fingerprint density at radius 2 is 1.92 bits per heavy atom. The van der Waals surface area contributed by atoms with Gasteiger partial charge in [0.2, 0.25) is 0 Å². The number of nitrogens with one attached hydrogen (secondary N) is 2. The molecule has 0 aromatic carbocycles. The van der Waals surface area contributed by atoms with Crippen LogP contribution in [-0.2, 0) is 12.6 Å². The Bertz CT molecular complexity index is 725. The number of aromatic nitrogens is 2. The average molecular weight is 370 g/mol. The summed E-state index contributed by atoms with van der Waals surface area (Å²) in [5, 5.41) is 5.38. The largest absolute Gasteiger partial charge is 0.492 e. The third-order valence-corrected chi connectivity index (χ3v) is 3.39. The summed E-state index contributed by atoms with van der Waals surface area (Å²) in [6.07, 6.45) is -1.08. The van der Waals surface area contributed by atoms with Crippen LogP contribution in [0.2, 0.25) is 0 Å². The predicted octanol–water partition coefficient (Wildman–Crippen LogP) is 3.42. The zero-order valence-electron chi connectivity index (χ0n) is 13.4. The smallest absolute Gasteiger partial charge is 0.419 e. The highest BCUT2D eigenvalue weighted by Gasteiger charge is 2.34. The van der Waals surface area contributed by atoms with E-state index in [4.69, 9.17) is 17.0 Å². The number of ether oxygens (including phenoxy) is 1. The first-order chi connectivity index (χ1) is 11.9. The fraction of sp³-hybridized carbons (Fsp3) is 0.312. The van der Waals surface area contributed by atoms with E-state index in [2.05, 4.69) is 20.6 Å². The Morgan fingerprint density at radius 3 is 2.64 bits per heavy atom. The molecule has 0 aliphatic carbocycles. The quantitative estimate of drug-likeness (QED) is 0.760. The van der Waals surface area contributed by atoms with Crippen LogP contribution in [0.4, 0.5) is 19.0 Å². The number of nitrogens with zero attached hydrogens (tertiary/aromatic N) is 2. The maximum atomic E-state index is 12.9. The van der Waals surface area contributed by atoms with Gasteiger partial charge in [-0.15, -0.1) is 0 Å². The molecule has 2 aromatic rings. The van der Waals surface area contributed by atoms with Gasteiger partial charge < -0.3 is 15.4 Å². The molecular weight excluding hydrogens is 353 g/mol. The van der Waals surface area contributed by atoms with Gasteiger partial charge in [-0.2, -0.15) is 13.2 Å². The summed E-state index contributed by atoms with van der Waals surface area (Å²) in [4.78, 5) is 7.93. The van der Waals surface area contributed by atoms with Crippen molar-refractivity contribution in [2.75, 3.05) is 18.5 Å². The van der Waals surface area contributed by atoms with E-state index in [1.807, 2.05) is 13.0 Å². The summed E-state index contributed by atoms with van der Waals surface area (Å²) < 4.78 is 44.2. The summed E-state index contributed by atoms with van der Waals surface area (Å²) in [5.74, 6) is 0.343. The first kappa shape index (κ1) is 18.9. The van der Waals surface area contributed by atoms with E-state index in [0.717, 1.165) is 11.8 Å². The Kier molecular flexibility index (Phi) is 6.51. The van der Waals surface area contributed by atoms with E-state index in [9.17, 15) is 13.2 Å². The minimum atomic E-state index is -4.51. The van der Waals surface area contributed by atoms with Crippen molar-refractivity contribution in [1.82, 2.24) is 15.3 Å².